The molecule has 0 saturated carbocycles. The van der Waals surface area contributed by atoms with Crippen molar-refractivity contribution in [3.63, 3.8) is 0 Å². The molecule has 3 heteroatoms. The molecule has 1 heterocycles. The van der Waals surface area contributed by atoms with Crippen molar-refractivity contribution in [3.8, 4) is 22.6 Å². The van der Waals surface area contributed by atoms with E-state index >= 15 is 0 Å². The zero-order valence-electron chi connectivity index (χ0n) is 18.5. The first kappa shape index (κ1) is 20.8. The molecular formula is C28H28N2O. The Kier molecular flexibility index (Phi) is 6.13. The lowest BCUT2D eigenvalue weighted by molar-refractivity contribution is 0.564. The molecule has 0 aliphatic heterocycles. The van der Waals surface area contributed by atoms with Crippen molar-refractivity contribution in [2.75, 3.05) is 0 Å². The number of oxazole rings is 1. The summed E-state index contributed by atoms with van der Waals surface area (Å²) >= 11 is 0. The van der Waals surface area contributed by atoms with Crippen LogP contribution < -0.4 is 0 Å². The minimum Gasteiger partial charge on any atom is -0.435 e. The Balaban J connectivity index is 1.81. The molecule has 0 amide bonds. The fraction of sp³-hybridized carbons (Fsp3) is 0.214. The van der Waals surface area contributed by atoms with Crippen molar-refractivity contribution >= 4 is 11.9 Å². The number of benzene rings is 3. The molecule has 31 heavy (non-hydrogen) atoms. The minimum absolute atomic E-state index is 0.384. The third-order valence-corrected chi connectivity index (χ3v) is 5.37. The molecule has 4 rings (SSSR count). The molecule has 0 N–H and O–H groups in total. The van der Waals surface area contributed by atoms with E-state index in [2.05, 4.69) is 58.0 Å². The molecule has 4 aromatic rings. The van der Waals surface area contributed by atoms with Crippen LogP contribution in [0.3, 0.4) is 0 Å². The maximum absolute atomic E-state index is 6.22. The predicted octanol–water partition coefficient (Wildman–Crippen LogP) is 8.01. The molecule has 0 aliphatic carbocycles. The van der Waals surface area contributed by atoms with Crippen LogP contribution in [0.5, 0.6) is 0 Å². The van der Waals surface area contributed by atoms with E-state index in [9.17, 15) is 0 Å². The van der Waals surface area contributed by atoms with Gasteiger partial charge in [-0.15, -0.1) is 0 Å². The number of aromatic nitrogens is 1. The summed E-state index contributed by atoms with van der Waals surface area (Å²) in [6.45, 7) is 8.80. The van der Waals surface area contributed by atoms with Gasteiger partial charge in [-0.2, -0.15) is 0 Å². The van der Waals surface area contributed by atoms with Gasteiger partial charge in [-0.25, -0.2) is 4.98 Å². The molecule has 0 saturated heterocycles. The third kappa shape index (κ3) is 4.51. The molecule has 0 fully saturated rings. The fourth-order valence-corrected chi connectivity index (χ4v) is 3.75. The van der Waals surface area contributed by atoms with Gasteiger partial charge >= 0.3 is 0 Å². The van der Waals surface area contributed by atoms with E-state index in [-0.39, 0.29) is 0 Å². The van der Waals surface area contributed by atoms with Crippen LogP contribution in [0.1, 0.15) is 56.5 Å². The summed E-state index contributed by atoms with van der Waals surface area (Å²) in [6.07, 6.45) is 1.76. The Morgan fingerprint density at radius 1 is 0.710 bits per heavy atom. The van der Waals surface area contributed by atoms with Crippen LogP contribution in [-0.2, 0) is 0 Å². The lowest BCUT2D eigenvalue weighted by atomic mass is 9.93. The maximum Gasteiger partial charge on any atom is 0.238 e. The van der Waals surface area contributed by atoms with Gasteiger partial charge in [0, 0.05) is 11.1 Å². The quantitative estimate of drug-likeness (QED) is 0.303. The van der Waals surface area contributed by atoms with Crippen LogP contribution in [0.4, 0.5) is 5.69 Å². The van der Waals surface area contributed by atoms with Crippen LogP contribution >= 0.6 is 0 Å². The Bertz CT molecular complexity index is 1090. The fourth-order valence-electron chi connectivity index (χ4n) is 3.75. The first-order valence-electron chi connectivity index (χ1n) is 10.8. The van der Waals surface area contributed by atoms with E-state index in [1.807, 2.05) is 48.5 Å². The van der Waals surface area contributed by atoms with Crippen molar-refractivity contribution in [3.05, 3.63) is 95.9 Å². The van der Waals surface area contributed by atoms with Gasteiger partial charge in [0.2, 0.25) is 5.89 Å². The summed E-state index contributed by atoms with van der Waals surface area (Å²) < 4.78 is 6.22. The highest BCUT2D eigenvalue weighted by Gasteiger charge is 2.17. The van der Waals surface area contributed by atoms with Crippen molar-refractivity contribution < 1.29 is 4.42 Å². The van der Waals surface area contributed by atoms with E-state index in [1.54, 1.807) is 6.21 Å². The monoisotopic (exact) mass is 408 g/mol. The SMILES string of the molecule is CC(C)c1cccc(C(C)C)c1N=Cc1nc(-c2ccccc2)c(-c2ccccc2)o1. The predicted molar refractivity (Wildman–Crippen MR) is 129 cm³/mol. The smallest absolute Gasteiger partial charge is 0.238 e. The standard InChI is InChI=1S/C28H28N2O/c1-19(2)23-16-11-17-24(20(3)4)27(23)29-18-25-30-26(21-12-7-5-8-13-21)28(31-25)22-14-9-6-10-15-22/h5-20H,1-4H3. The van der Waals surface area contributed by atoms with Crippen molar-refractivity contribution in [1.29, 1.82) is 0 Å². The zero-order valence-corrected chi connectivity index (χ0v) is 18.5. The largest absolute Gasteiger partial charge is 0.435 e. The summed E-state index contributed by atoms with van der Waals surface area (Å²) in [7, 11) is 0. The van der Waals surface area contributed by atoms with Crippen molar-refractivity contribution in [2.45, 2.75) is 39.5 Å². The molecule has 0 bridgehead atoms. The van der Waals surface area contributed by atoms with Crippen LogP contribution in [0.2, 0.25) is 0 Å². The van der Waals surface area contributed by atoms with Gasteiger partial charge in [0.1, 0.15) is 5.69 Å². The molecule has 3 nitrogen and oxygen atoms in total. The number of nitrogens with zero attached hydrogens (tertiary/aromatic N) is 2. The zero-order chi connectivity index (χ0) is 21.8. The lowest BCUT2D eigenvalue weighted by Gasteiger charge is -2.15. The molecule has 156 valence electrons. The van der Waals surface area contributed by atoms with E-state index in [1.165, 1.54) is 11.1 Å². The Hall–Kier alpha value is -3.46. The van der Waals surface area contributed by atoms with Gasteiger partial charge in [-0.1, -0.05) is 107 Å². The molecule has 0 atom stereocenters. The Morgan fingerprint density at radius 3 is 1.81 bits per heavy atom. The second-order valence-electron chi connectivity index (χ2n) is 8.31. The Labute approximate surface area is 184 Å². The highest BCUT2D eigenvalue weighted by Crippen LogP contribution is 2.35. The molecule has 0 aliphatic rings. The molecule has 1 aromatic heterocycles. The summed E-state index contributed by atoms with van der Waals surface area (Å²) in [4.78, 5) is 9.68. The van der Waals surface area contributed by atoms with E-state index in [0.717, 1.165) is 28.3 Å². The van der Waals surface area contributed by atoms with Gasteiger partial charge in [0.05, 0.1) is 11.9 Å². The molecule has 0 unspecified atom stereocenters. The van der Waals surface area contributed by atoms with E-state index < -0.39 is 0 Å². The summed E-state index contributed by atoms with van der Waals surface area (Å²) in [5.41, 5.74) is 6.35. The first-order chi connectivity index (χ1) is 15.0. The van der Waals surface area contributed by atoms with Crippen LogP contribution in [0.25, 0.3) is 22.6 Å². The molecular weight excluding hydrogens is 380 g/mol. The number of hydrogen-bond donors (Lipinski definition) is 0. The second-order valence-corrected chi connectivity index (χ2v) is 8.31. The number of para-hydroxylation sites is 1. The van der Waals surface area contributed by atoms with Gasteiger partial charge in [-0.05, 0) is 23.0 Å². The average Bonchev–Trinajstić information content (AvgIpc) is 3.23. The molecule has 0 spiro atoms. The number of rotatable bonds is 6. The first-order valence-corrected chi connectivity index (χ1v) is 10.8. The highest BCUT2D eigenvalue weighted by molar-refractivity contribution is 5.83. The summed E-state index contributed by atoms with van der Waals surface area (Å²) in [5, 5.41) is 0. The van der Waals surface area contributed by atoms with Gasteiger partial charge in [0.25, 0.3) is 0 Å². The van der Waals surface area contributed by atoms with Gasteiger partial charge in [0.15, 0.2) is 5.76 Å². The number of hydrogen-bond acceptors (Lipinski definition) is 3. The lowest BCUT2D eigenvalue weighted by Crippen LogP contribution is -1.95. The van der Waals surface area contributed by atoms with E-state index in [4.69, 9.17) is 14.4 Å². The topological polar surface area (TPSA) is 38.4 Å². The third-order valence-electron chi connectivity index (χ3n) is 5.37. The van der Waals surface area contributed by atoms with Crippen LogP contribution in [0.15, 0.2) is 88.3 Å². The maximum atomic E-state index is 6.22. The normalized spacial score (nSPS) is 11.7. The van der Waals surface area contributed by atoms with Crippen LogP contribution in [-0.4, -0.2) is 11.2 Å². The van der Waals surface area contributed by atoms with Gasteiger partial charge in [-0.3, -0.25) is 4.99 Å². The summed E-state index contributed by atoms with van der Waals surface area (Å²) in [6, 6.07) is 26.7. The Morgan fingerprint density at radius 2 is 1.26 bits per heavy atom. The molecule has 3 aromatic carbocycles. The highest BCUT2D eigenvalue weighted by atomic mass is 16.4. The summed E-state index contributed by atoms with van der Waals surface area (Å²) in [5.74, 6) is 2.03. The van der Waals surface area contributed by atoms with Crippen molar-refractivity contribution in [1.82, 2.24) is 4.98 Å². The average molecular weight is 409 g/mol. The second kappa shape index (κ2) is 9.13. The van der Waals surface area contributed by atoms with Crippen LogP contribution in [0, 0.1) is 0 Å². The number of aliphatic imine (C=N–C) groups is 1. The van der Waals surface area contributed by atoms with E-state index in [0.29, 0.717) is 17.7 Å². The van der Waals surface area contributed by atoms with Gasteiger partial charge < -0.3 is 4.42 Å². The molecule has 0 radical (unpaired) electrons. The van der Waals surface area contributed by atoms with Crippen molar-refractivity contribution in [2.24, 2.45) is 4.99 Å². The minimum atomic E-state index is 0.384.